The van der Waals surface area contributed by atoms with Gasteiger partial charge in [0, 0.05) is 18.9 Å². The Bertz CT molecular complexity index is 849. The molecule has 3 aliphatic rings. The van der Waals surface area contributed by atoms with E-state index < -0.39 is 6.10 Å². The van der Waals surface area contributed by atoms with Crippen LogP contribution in [0.4, 0.5) is 0 Å². The molecule has 2 amide bonds. The van der Waals surface area contributed by atoms with Gasteiger partial charge in [0.1, 0.15) is 0 Å². The van der Waals surface area contributed by atoms with Crippen molar-refractivity contribution in [2.24, 2.45) is 22.6 Å². The number of aliphatic hydroxyl groups excluding tert-OH is 1. The van der Waals surface area contributed by atoms with Crippen molar-refractivity contribution in [2.75, 3.05) is 6.54 Å². The molecule has 31 heavy (non-hydrogen) atoms. The summed E-state index contributed by atoms with van der Waals surface area (Å²) in [4.78, 5) is 31.6. The van der Waals surface area contributed by atoms with Gasteiger partial charge in [-0.25, -0.2) is 4.99 Å². The van der Waals surface area contributed by atoms with Crippen molar-refractivity contribution in [1.29, 1.82) is 0 Å². The first-order chi connectivity index (χ1) is 14.9. The molecule has 1 fully saturated rings. The van der Waals surface area contributed by atoms with Crippen LogP contribution in [0.2, 0.25) is 0 Å². The highest BCUT2D eigenvalue weighted by molar-refractivity contribution is 5.99. The second kappa shape index (κ2) is 9.39. The van der Waals surface area contributed by atoms with Crippen LogP contribution in [0, 0.1) is 11.8 Å². The summed E-state index contributed by atoms with van der Waals surface area (Å²) in [6.45, 7) is 8.49. The van der Waals surface area contributed by atoms with Crippen LogP contribution in [0.5, 0.6) is 0 Å². The van der Waals surface area contributed by atoms with E-state index in [1.807, 2.05) is 52.0 Å². The highest BCUT2D eigenvalue weighted by atomic mass is 16.3. The maximum absolute atomic E-state index is 12.7. The zero-order valence-electron chi connectivity index (χ0n) is 19.1. The fourth-order valence-electron chi connectivity index (χ4n) is 4.71. The molecule has 7 heteroatoms. The van der Waals surface area contributed by atoms with Crippen molar-refractivity contribution in [3.63, 3.8) is 0 Å². The minimum atomic E-state index is -0.601. The minimum Gasteiger partial charge on any atom is -0.390 e. The summed E-state index contributed by atoms with van der Waals surface area (Å²) < 4.78 is 0. The summed E-state index contributed by atoms with van der Waals surface area (Å²) in [6.07, 6.45) is 2.61. The van der Waals surface area contributed by atoms with Gasteiger partial charge in [0.05, 0.1) is 24.1 Å². The Morgan fingerprint density at radius 2 is 1.97 bits per heavy atom. The van der Waals surface area contributed by atoms with Gasteiger partial charge >= 0.3 is 0 Å². The number of aliphatic hydroxyl groups is 1. The van der Waals surface area contributed by atoms with E-state index >= 15 is 0 Å². The molecule has 0 saturated heterocycles. The smallest absolute Gasteiger partial charge is 0.231 e. The van der Waals surface area contributed by atoms with Gasteiger partial charge < -0.3 is 16.2 Å². The van der Waals surface area contributed by atoms with Gasteiger partial charge in [-0.05, 0) is 36.3 Å². The first kappa shape index (κ1) is 23.3. The van der Waals surface area contributed by atoms with E-state index in [1.54, 1.807) is 4.90 Å². The lowest BCUT2D eigenvalue weighted by Gasteiger charge is -2.36. The van der Waals surface area contributed by atoms with E-state index in [1.165, 1.54) is 0 Å². The summed E-state index contributed by atoms with van der Waals surface area (Å²) in [5, 5.41) is 13.4. The lowest BCUT2D eigenvalue weighted by Crippen LogP contribution is -2.52. The molecule has 0 spiro atoms. The number of carbonyl (C=O) groups excluding carboxylic acids is 2. The largest absolute Gasteiger partial charge is 0.390 e. The normalized spacial score (nSPS) is 28.2. The van der Waals surface area contributed by atoms with E-state index in [4.69, 9.17) is 5.73 Å². The summed E-state index contributed by atoms with van der Waals surface area (Å²) in [7, 11) is 0. The van der Waals surface area contributed by atoms with Crippen molar-refractivity contribution in [2.45, 2.75) is 77.5 Å². The fourth-order valence-corrected chi connectivity index (χ4v) is 4.71. The Morgan fingerprint density at radius 3 is 2.61 bits per heavy atom. The number of aliphatic imine (C=N–C) groups is 1. The molecule has 1 unspecified atom stereocenters. The van der Waals surface area contributed by atoms with Crippen LogP contribution in [0.3, 0.4) is 0 Å². The number of nitrogens with two attached hydrogens (primary N) is 1. The Labute approximate surface area is 185 Å². The number of carbonyl (C=O) groups is 2. The number of amides is 2. The van der Waals surface area contributed by atoms with Crippen molar-refractivity contribution in [3.05, 3.63) is 35.4 Å². The first-order valence-corrected chi connectivity index (χ1v) is 11.6. The predicted molar refractivity (Wildman–Crippen MR) is 121 cm³/mol. The van der Waals surface area contributed by atoms with Crippen LogP contribution in [0.15, 0.2) is 29.3 Å². The van der Waals surface area contributed by atoms with Gasteiger partial charge in [-0.2, -0.15) is 0 Å². The van der Waals surface area contributed by atoms with Crippen LogP contribution >= 0.6 is 0 Å². The molecular weight excluding hydrogens is 392 g/mol. The van der Waals surface area contributed by atoms with Crippen LogP contribution in [0.25, 0.3) is 0 Å². The summed E-state index contributed by atoms with van der Waals surface area (Å²) in [6, 6.07) is 7.45. The van der Waals surface area contributed by atoms with Gasteiger partial charge in [-0.1, -0.05) is 52.0 Å². The van der Waals surface area contributed by atoms with Gasteiger partial charge in [0.15, 0.2) is 5.96 Å². The predicted octanol–water partition coefficient (Wildman–Crippen LogP) is 2.53. The maximum Gasteiger partial charge on any atom is 0.231 e. The Morgan fingerprint density at radius 1 is 1.29 bits per heavy atom. The molecule has 0 aromatic heterocycles. The lowest BCUT2D eigenvalue weighted by molar-refractivity contribution is -0.130. The second-order valence-corrected chi connectivity index (χ2v) is 8.64. The number of nitrogens with zero attached hydrogens (tertiary/aromatic N) is 2. The van der Waals surface area contributed by atoms with E-state index in [9.17, 15) is 14.7 Å². The monoisotopic (exact) mass is 428 g/mol. The summed E-state index contributed by atoms with van der Waals surface area (Å²) in [5.41, 5.74) is 7.80. The highest BCUT2D eigenvalue weighted by Gasteiger charge is 2.47. The van der Waals surface area contributed by atoms with E-state index in [0.717, 1.165) is 30.4 Å². The molecule has 1 heterocycles. The SMILES string of the molecule is CC.CCC1(CC)CC(=O)N(C[C@H]2CC2C(=O)N[C@@H]2c3ccccc3C[C@@H]2O)C(N)=N1. The third kappa shape index (κ3) is 4.61. The minimum absolute atomic E-state index is 0.00704. The third-order valence-electron chi connectivity index (χ3n) is 6.90. The van der Waals surface area contributed by atoms with E-state index in [2.05, 4.69) is 10.3 Å². The van der Waals surface area contributed by atoms with Crippen LogP contribution in [-0.2, 0) is 16.0 Å². The number of hydrogen-bond acceptors (Lipinski definition) is 5. The molecule has 1 aromatic carbocycles. The first-order valence-electron chi connectivity index (χ1n) is 11.6. The van der Waals surface area contributed by atoms with E-state index in [-0.39, 0.29) is 41.2 Å². The maximum atomic E-state index is 12.7. The number of hydrogen-bond donors (Lipinski definition) is 3. The molecule has 0 radical (unpaired) electrons. The molecule has 4 rings (SSSR count). The zero-order valence-corrected chi connectivity index (χ0v) is 19.1. The van der Waals surface area contributed by atoms with Gasteiger partial charge in [0.25, 0.3) is 0 Å². The molecule has 4 atom stereocenters. The molecule has 170 valence electrons. The number of benzene rings is 1. The molecule has 0 bridgehead atoms. The molecule has 4 N–H and O–H groups in total. The van der Waals surface area contributed by atoms with Crippen molar-refractivity contribution >= 4 is 17.8 Å². The van der Waals surface area contributed by atoms with E-state index in [0.29, 0.717) is 19.4 Å². The molecule has 1 aromatic rings. The number of guanidine groups is 1. The third-order valence-corrected chi connectivity index (χ3v) is 6.90. The van der Waals surface area contributed by atoms with Crippen molar-refractivity contribution < 1.29 is 14.7 Å². The lowest BCUT2D eigenvalue weighted by atomic mass is 9.88. The van der Waals surface area contributed by atoms with Gasteiger partial charge in [-0.3, -0.25) is 14.5 Å². The second-order valence-electron chi connectivity index (χ2n) is 8.64. The quantitative estimate of drug-likeness (QED) is 0.647. The molecule has 1 saturated carbocycles. The average Bonchev–Trinajstić information content (AvgIpc) is 3.49. The number of nitrogens with one attached hydrogen (secondary N) is 1. The molecule has 1 aliphatic heterocycles. The molecule has 7 nitrogen and oxygen atoms in total. The Kier molecular flexibility index (Phi) is 7.04. The fraction of sp³-hybridized carbons (Fsp3) is 0.625. The Hall–Kier alpha value is -2.41. The Balaban J connectivity index is 0.00000132. The highest BCUT2D eigenvalue weighted by Crippen LogP contribution is 2.41. The van der Waals surface area contributed by atoms with Crippen molar-refractivity contribution in [1.82, 2.24) is 10.2 Å². The topological polar surface area (TPSA) is 108 Å². The van der Waals surface area contributed by atoms with Crippen LogP contribution in [0.1, 0.15) is 70.5 Å². The zero-order chi connectivity index (χ0) is 22.8. The van der Waals surface area contributed by atoms with Crippen LogP contribution < -0.4 is 11.1 Å². The van der Waals surface area contributed by atoms with Crippen LogP contribution in [-0.4, -0.2) is 46.0 Å². The molecule has 2 aliphatic carbocycles. The number of fused-ring (bicyclic) bond motifs is 1. The average molecular weight is 429 g/mol. The number of rotatable bonds is 6. The standard InChI is InChI=1S/C22H30N4O3.C2H6/c1-3-22(4-2)11-18(28)26(21(23)25-22)12-14-9-16(14)20(29)24-19-15-8-6-5-7-13(15)10-17(19)27;1-2/h5-8,14,16-17,19,27H,3-4,9-12H2,1-2H3,(H2,23,25)(H,24,29);1-2H3/t14-,16?,17+,19-;/m1./s1. The molecular formula is C24H36N4O3. The summed E-state index contributed by atoms with van der Waals surface area (Å²) in [5.74, 6) is 0.132. The van der Waals surface area contributed by atoms with Gasteiger partial charge in [0.2, 0.25) is 11.8 Å². The van der Waals surface area contributed by atoms with Gasteiger partial charge in [-0.15, -0.1) is 0 Å². The summed E-state index contributed by atoms with van der Waals surface area (Å²) >= 11 is 0. The van der Waals surface area contributed by atoms with Crippen molar-refractivity contribution in [3.8, 4) is 0 Å².